The Balaban J connectivity index is 1.61. The van der Waals surface area contributed by atoms with E-state index in [-0.39, 0.29) is 41.4 Å². The average molecular weight is 486 g/mol. The highest BCUT2D eigenvalue weighted by Gasteiger charge is 2.33. The van der Waals surface area contributed by atoms with Crippen molar-refractivity contribution in [3.8, 4) is 0 Å². The quantitative estimate of drug-likeness (QED) is 0.652. The molecule has 0 radical (unpaired) electrons. The zero-order valence-corrected chi connectivity index (χ0v) is 19.5. The van der Waals surface area contributed by atoms with Crippen LogP contribution in [0.3, 0.4) is 0 Å². The lowest BCUT2D eigenvalue weighted by molar-refractivity contribution is -0.126. The number of hydrogen-bond acceptors (Lipinski definition) is 4. The maximum Gasteiger partial charge on any atom is 0.245 e. The summed E-state index contributed by atoms with van der Waals surface area (Å²) in [4.78, 5) is 14.1. The number of likely N-dealkylation sites (N-methyl/N-ethyl adjacent to an activating group) is 1. The third-order valence-corrected chi connectivity index (χ3v) is 7.97. The number of hydrogen-bond donors (Lipinski definition) is 1. The van der Waals surface area contributed by atoms with E-state index in [0.29, 0.717) is 18.4 Å². The van der Waals surface area contributed by atoms with Crippen LogP contribution in [0.15, 0.2) is 47.4 Å². The van der Waals surface area contributed by atoms with Gasteiger partial charge in [-0.15, -0.1) is 0 Å². The molecule has 174 valence electrons. The Morgan fingerprint density at radius 2 is 1.75 bits per heavy atom. The van der Waals surface area contributed by atoms with Gasteiger partial charge in [-0.3, -0.25) is 4.79 Å². The monoisotopic (exact) mass is 485 g/mol. The lowest BCUT2D eigenvalue weighted by atomic mass is 9.97. The van der Waals surface area contributed by atoms with Crippen molar-refractivity contribution in [2.75, 3.05) is 33.7 Å². The van der Waals surface area contributed by atoms with Gasteiger partial charge in [0, 0.05) is 36.1 Å². The molecule has 1 atom stereocenters. The number of halogens is 3. The number of carbonyl (C=O) groups is 1. The van der Waals surface area contributed by atoms with Crippen LogP contribution in [0.4, 0.5) is 8.78 Å². The predicted octanol–water partition coefficient (Wildman–Crippen LogP) is 3.44. The average Bonchev–Trinajstić information content (AvgIpc) is 2.75. The van der Waals surface area contributed by atoms with E-state index >= 15 is 0 Å². The standard InChI is InChI=1S/C22H26ClF2N3O3S/c1-27(2)19(21-16(23)6-5-8-18(21)25)14-26-22(29)15-10-12-28(13-11-15)32(30,31)20-9-4-3-7-17(20)24/h3-9,15,19H,10-14H2,1-2H3,(H,26,29)/t19-/m0/s1. The molecule has 1 aliphatic heterocycles. The molecule has 1 heterocycles. The highest BCUT2D eigenvalue weighted by molar-refractivity contribution is 7.89. The summed E-state index contributed by atoms with van der Waals surface area (Å²) < 4.78 is 55.0. The Labute approximate surface area is 192 Å². The minimum Gasteiger partial charge on any atom is -0.354 e. The summed E-state index contributed by atoms with van der Waals surface area (Å²) >= 11 is 6.18. The first kappa shape index (κ1) is 24.6. The minimum absolute atomic E-state index is 0.116. The van der Waals surface area contributed by atoms with Gasteiger partial charge in [-0.25, -0.2) is 17.2 Å². The summed E-state index contributed by atoms with van der Waals surface area (Å²) in [6.45, 7) is 0.385. The number of rotatable bonds is 7. The number of benzene rings is 2. The lowest BCUT2D eigenvalue weighted by Gasteiger charge is -2.31. The molecule has 3 rings (SSSR count). The zero-order valence-electron chi connectivity index (χ0n) is 17.9. The molecule has 10 heteroatoms. The second-order valence-electron chi connectivity index (χ2n) is 7.97. The van der Waals surface area contributed by atoms with E-state index in [0.717, 1.165) is 6.07 Å². The molecule has 0 unspecified atom stereocenters. The first-order valence-electron chi connectivity index (χ1n) is 10.3. The molecule has 1 N–H and O–H groups in total. The summed E-state index contributed by atoms with van der Waals surface area (Å²) in [5.74, 6) is -1.86. The summed E-state index contributed by atoms with van der Waals surface area (Å²) in [6.07, 6.45) is 0.624. The first-order valence-corrected chi connectivity index (χ1v) is 12.1. The van der Waals surface area contributed by atoms with Gasteiger partial charge in [0.05, 0.1) is 6.04 Å². The molecule has 6 nitrogen and oxygen atoms in total. The zero-order chi connectivity index (χ0) is 23.5. The van der Waals surface area contributed by atoms with Crippen LogP contribution in [0, 0.1) is 17.6 Å². The summed E-state index contributed by atoms with van der Waals surface area (Å²) in [5, 5.41) is 3.13. The van der Waals surface area contributed by atoms with Crippen molar-refractivity contribution in [1.82, 2.24) is 14.5 Å². The second kappa shape index (κ2) is 10.2. The number of nitrogens with zero attached hydrogens (tertiary/aromatic N) is 2. The van der Waals surface area contributed by atoms with Crippen molar-refractivity contribution in [2.45, 2.75) is 23.8 Å². The van der Waals surface area contributed by atoms with Gasteiger partial charge >= 0.3 is 0 Å². The van der Waals surface area contributed by atoms with Gasteiger partial charge < -0.3 is 10.2 Å². The minimum atomic E-state index is -3.96. The van der Waals surface area contributed by atoms with Crippen molar-refractivity contribution in [2.24, 2.45) is 5.92 Å². The Hall–Kier alpha value is -2.07. The molecule has 1 saturated heterocycles. The third kappa shape index (κ3) is 5.28. The van der Waals surface area contributed by atoms with Crippen LogP contribution >= 0.6 is 11.6 Å². The van der Waals surface area contributed by atoms with Gasteiger partial charge in [0.2, 0.25) is 15.9 Å². The number of amides is 1. The highest BCUT2D eigenvalue weighted by atomic mass is 35.5. The number of carbonyl (C=O) groups excluding carboxylic acids is 1. The molecule has 0 spiro atoms. The fourth-order valence-corrected chi connectivity index (χ4v) is 5.69. The van der Waals surface area contributed by atoms with E-state index in [9.17, 15) is 22.0 Å². The van der Waals surface area contributed by atoms with Crippen molar-refractivity contribution < 1.29 is 22.0 Å². The van der Waals surface area contributed by atoms with E-state index in [1.165, 1.54) is 34.6 Å². The Bertz CT molecular complexity index is 1050. The topological polar surface area (TPSA) is 69.7 Å². The van der Waals surface area contributed by atoms with Crippen LogP contribution in [0.1, 0.15) is 24.4 Å². The smallest absolute Gasteiger partial charge is 0.245 e. The van der Waals surface area contributed by atoms with Gasteiger partial charge in [-0.05, 0) is 51.2 Å². The third-order valence-electron chi connectivity index (χ3n) is 5.71. The van der Waals surface area contributed by atoms with E-state index < -0.39 is 27.7 Å². The van der Waals surface area contributed by atoms with Gasteiger partial charge in [0.15, 0.2) is 0 Å². The molecular weight excluding hydrogens is 460 g/mol. The van der Waals surface area contributed by atoms with Crippen LogP contribution in [0.5, 0.6) is 0 Å². The molecule has 1 aliphatic rings. The predicted molar refractivity (Wildman–Crippen MR) is 119 cm³/mol. The molecule has 2 aromatic rings. The van der Waals surface area contributed by atoms with Crippen molar-refractivity contribution >= 4 is 27.5 Å². The van der Waals surface area contributed by atoms with E-state index in [1.54, 1.807) is 25.1 Å². The molecule has 2 aromatic carbocycles. The van der Waals surface area contributed by atoms with Gasteiger partial charge in [-0.2, -0.15) is 4.31 Å². The second-order valence-corrected chi connectivity index (χ2v) is 10.3. The van der Waals surface area contributed by atoms with Crippen LogP contribution in [0.2, 0.25) is 5.02 Å². The number of piperidine rings is 1. The number of sulfonamides is 1. The summed E-state index contributed by atoms with van der Waals surface area (Å²) in [5.41, 5.74) is 0.310. The molecule has 0 aromatic heterocycles. The largest absolute Gasteiger partial charge is 0.354 e. The normalized spacial score (nSPS) is 16.8. The molecule has 1 amide bonds. The molecule has 0 saturated carbocycles. The fraction of sp³-hybridized carbons (Fsp3) is 0.409. The maximum atomic E-state index is 14.4. The van der Waals surface area contributed by atoms with Crippen molar-refractivity contribution in [1.29, 1.82) is 0 Å². The van der Waals surface area contributed by atoms with Crippen molar-refractivity contribution in [3.63, 3.8) is 0 Å². The Morgan fingerprint density at radius 3 is 2.34 bits per heavy atom. The van der Waals surface area contributed by atoms with E-state index in [4.69, 9.17) is 11.6 Å². The first-order chi connectivity index (χ1) is 15.1. The number of nitrogens with one attached hydrogen (secondary N) is 1. The maximum absolute atomic E-state index is 14.4. The van der Waals surface area contributed by atoms with Crippen molar-refractivity contribution in [3.05, 3.63) is 64.7 Å². The van der Waals surface area contributed by atoms with E-state index in [2.05, 4.69) is 5.32 Å². The lowest BCUT2D eigenvalue weighted by Crippen LogP contribution is -2.44. The van der Waals surface area contributed by atoms with Crippen LogP contribution < -0.4 is 5.32 Å². The van der Waals surface area contributed by atoms with Gasteiger partial charge in [-0.1, -0.05) is 29.8 Å². The van der Waals surface area contributed by atoms with Gasteiger partial charge in [0.25, 0.3) is 0 Å². The Kier molecular flexibility index (Phi) is 7.87. The van der Waals surface area contributed by atoms with Gasteiger partial charge in [0.1, 0.15) is 16.5 Å². The summed E-state index contributed by atoms with van der Waals surface area (Å²) in [6, 6.07) is 9.23. The van der Waals surface area contributed by atoms with E-state index in [1.807, 2.05) is 0 Å². The Morgan fingerprint density at radius 1 is 1.12 bits per heavy atom. The summed E-state index contributed by atoms with van der Waals surface area (Å²) in [7, 11) is -0.422. The van der Waals surface area contributed by atoms with Crippen LogP contribution in [0.25, 0.3) is 0 Å². The highest BCUT2D eigenvalue weighted by Crippen LogP contribution is 2.29. The molecule has 1 fully saturated rings. The van der Waals surface area contributed by atoms with Crippen LogP contribution in [-0.2, 0) is 14.8 Å². The molecule has 0 bridgehead atoms. The van der Waals surface area contributed by atoms with Crippen LogP contribution in [-0.4, -0.2) is 57.3 Å². The molecule has 0 aliphatic carbocycles. The SMILES string of the molecule is CN(C)[C@@H](CNC(=O)C1CCN(S(=O)(=O)c2ccccc2F)CC1)c1c(F)cccc1Cl. The molecule has 32 heavy (non-hydrogen) atoms. The molecular formula is C22H26ClF2N3O3S. The fourth-order valence-electron chi connectivity index (χ4n) is 3.86.